The van der Waals surface area contributed by atoms with Crippen molar-refractivity contribution in [2.45, 2.75) is 32.9 Å². The van der Waals surface area contributed by atoms with Crippen LogP contribution in [0, 0.1) is 0 Å². The molecular weight excluding hydrogens is 284 g/mol. The molecule has 1 aromatic carbocycles. The first kappa shape index (κ1) is 15.8. The van der Waals surface area contributed by atoms with Gasteiger partial charge in [0.1, 0.15) is 0 Å². The van der Waals surface area contributed by atoms with Gasteiger partial charge in [0, 0.05) is 30.2 Å². The molecule has 0 amide bonds. The van der Waals surface area contributed by atoms with Gasteiger partial charge in [-0.3, -0.25) is 4.79 Å². The number of pyridine rings is 1. The fraction of sp³-hybridized carbons (Fsp3) is 0.353. The van der Waals surface area contributed by atoms with Gasteiger partial charge >= 0.3 is 0 Å². The van der Waals surface area contributed by atoms with Gasteiger partial charge in [-0.1, -0.05) is 36.7 Å². The monoisotopic (exact) mass is 304 g/mol. The molecule has 0 spiro atoms. The third-order valence-corrected chi connectivity index (χ3v) is 4.03. The van der Waals surface area contributed by atoms with Crippen LogP contribution in [0.25, 0.3) is 11.3 Å². The lowest BCUT2D eigenvalue weighted by atomic mass is 10.1. The minimum absolute atomic E-state index is 0.0400. The van der Waals surface area contributed by atoms with Crippen molar-refractivity contribution >= 4 is 11.6 Å². The van der Waals surface area contributed by atoms with Crippen LogP contribution in [0.5, 0.6) is 0 Å². The SMILES string of the molecule is CCC(C)NCc1ccc(-c2ccc(Cl)cc2)n(C)c1=O. The summed E-state index contributed by atoms with van der Waals surface area (Å²) >= 11 is 5.90. The predicted molar refractivity (Wildman–Crippen MR) is 88.7 cm³/mol. The zero-order valence-electron chi connectivity index (χ0n) is 12.7. The molecule has 1 N–H and O–H groups in total. The third kappa shape index (κ3) is 3.74. The van der Waals surface area contributed by atoms with Gasteiger partial charge in [-0.15, -0.1) is 0 Å². The van der Waals surface area contributed by atoms with Gasteiger partial charge in [-0.05, 0) is 37.1 Å². The van der Waals surface area contributed by atoms with Crippen LogP contribution in [-0.2, 0) is 13.6 Å². The fourth-order valence-electron chi connectivity index (χ4n) is 2.16. The number of nitrogens with one attached hydrogen (secondary N) is 1. The molecule has 21 heavy (non-hydrogen) atoms. The number of hydrogen-bond acceptors (Lipinski definition) is 2. The van der Waals surface area contributed by atoms with Crippen molar-refractivity contribution in [2.75, 3.05) is 0 Å². The smallest absolute Gasteiger partial charge is 0.255 e. The van der Waals surface area contributed by atoms with Crippen molar-refractivity contribution in [3.8, 4) is 11.3 Å². The van der Waals surface area contributed by atoms with Crippen LogP contribution in [-0.4, -0.2) is 10.6 Å². The Kier molecular flexibility index (Phi) is 5.21. The molecule has 2 rings (SSSR count). The number of benzene rings is 1. The molecule has 0 fully saturated rings. The number of halogens is 1. The Morgan fingerprint density at radius 2 is 1.86 bits per heavy atom. The normalized spacial score (nSPS) is 12.4. The standard InChI is InChI=1S/C17H21ClN2O/c1-4-12(2)19-11-14-7-10-16(20(3)17(14)21)13-5-8-15(18)9-6-13/h5-10,12,19H,4,11H2,1-3H3. The minimum Gasteiger partial charge on any atom is -0.311 e. The van der Waals surface area contributed by atoms with E-state index >= 15 is 0 Å². The summed E-state index contributed by atoms with van der Waals surface area (Å²) in [6, 6.07) is 11.8. The molecule has 0 aliphatic heterocycles. The summed E-state index contributed by atoms with van der Waals surface area (Å²) in [4.78, 5) is 12.4. The summed E-state index contributed by atoms with van der Waals surface area (Å²) < 4.78 is 1.69. The van der Waals surface area contributed by atoms with Crippen molar-refractivity contribution in [1.82, 2.24) is 9.88 Å². The summed E-state index contributed by atoms with van der Waals surface area (Å²) in [6.07, 6.45) is 1.04. The van der Waals surface area contributed by atoms with Gasteiger partial charge in [0.15, 0.2) is 0 Å². The van der Waals surface area contributed by atoms with Crippen LogP contribution in [0.1, 0.15) is 25.8 Å². The van der Waals surface area contributed by atoms with E-state index in [-0.39, 0.29) is 5.56 Å². The first-order valence-corrected chi connectivity index (χ1v) is 7.59. The van der Waals surface area contributed by atoms with Gasteiger partial charge in [-0.25, -0.2) is 0 Å². The van der Waals surface area contributed by atoms with Crippen LogP contribution in [0.3, 0.4) is 0 Å². The molecule has 0 aliphatic rings. The summed E-state index contributed by atoms with van der Waals surface area (Å²) in [5.74, 6) is 0. The van der Waals surface area contributed by atoms with Gasteiger partial charge in [0.2, 0.25) is 0 Å². The van der Waals surface area contributed by atoms with E-state index in [0.717, 1.165) is 23.2 Å². The van der Waals surface area contributed by atoms with E-state index in [4.69, 9.17) is 11.6 Å². The van der Waals surface area contributed by atoms with E-state index in [9.17, 15) is 4.79 Å². The van der Waals surface area contributed by atoms with Crippen molar-refractivity contribution in [1.29, 1.82) is 0 Å². The molecule has 0 bridgehead atoms. The lowest BCUT2D eigenvalue weighted by molar-refractivity contribution is 0.531. The molecule has 3 nitrogen and oxygen atoms in total. The van der Waals surface area contributed by atoms with Gasteiger partial charge < -0.3 is 9.88 Å². The van der Waals surface area contributed by atoms with E-state index < -0.39 is 0 Å². The largest absolute Gasteiger partial charge is 0.311 e. The number of hydrogen-bond donors (Lipinski definition) is 1. The molecule has 1 heterocycles. The van der Waals surface area contributed by atoms with E-state index in [1.807, 2.05) is 36.4 Å². The number of rotatable bonds is 5. The van der Waals surface area contributed by atoms with Crippen molar-refractivity contribution in [2.24, 2.45) is 7.05 Å². The molecule has 0 saturated carbocycles. The summed E-state index contributed by atoms with van der Waals surface area (Å²) in [5.41, 5.74) is 2.71. The molecule has 0 radical (unpaired) electrons. The maximum Gasteiger partial charge on any atom is 0.255 e. The van der Waals surface area contributed by atoms with Crippen LogP contribution in [0.4, 0.5) is 0 Å². The Morgan fingerprint density at radius 3 is 2.48 bits per heavy atom. The lowest BCUT2D eigenvalue weighted by Gasteiger charge is -2.13. The predicted octanol–water partition coefficient (Wildman–Crippen LogP) is 3.59. The van der Waals surface area contributed by atoms with Crippen molar-refractivity contribution < 1.29 is 0 Å². The van der Waals surface area contributed by atoms with Gasteiger partial charge in [0.05, 0.1) is 5.69 Å². The van der Waals surface area contributed by atoms with Crippen LogP contribution >= 0.6 is 11.6 Å². The van der Waals surface area contributed by atoms with Crippen LogP contribution < -0.4 is 10.9 Å². The molecule has 1 aromatic heterocycles. The summed E-state index contributed by atoms with van der Waals surface area (Å²) in [6.45, 7) is 4.84. The molecule has 0 saturated heterocycles. The highest BCUT2D eigenvalue weighted by molar-refractivity contribution is 6.30. The average molecular weight is 305 g/mol. The van der Waals surface area contributed by atoms with E-state index in [1.165, 1.54) is 0 Å². The maximum absolute atomic E-state index is 12.4. The van der Waals surface area contributed by atoms with Crippen LogP contribution in [0.15, 0.2) is 41.2 Å². The topological polar surface area (TPSA) is 34.0 Å². The van der Waals surface area contributed by atoms with E-state index in [2.05, 4.69) is 19.2 Å². The summed E-state index contributed by atoms with van der Waals surface area (Å²) in [7, 11) is 1.80. The Hall–Kier alpha value is -1.58. The molecule has 112 valence electrons. The van der Waals surface area contributed by atoms with Crippen molar-refractivity contribution in [3.05, 3.63) is 57.3 Å². The second kappa shape index (κ2) is 6.92. The van der Waals surface area contributed by atoms with E-state index in [0.29, 0.717) is 17.6 Å². The lowest BCUT2D eigenvalue weighted by Crippen LogP contribution is -2.30. The first-order valence-electron chi connectivity index (χ1n) is 7.21. The van der Waals surface area contributed by atoms with Gasteiger partial charge in [-0.2, -0.15) is 0 Å². The average Bonchev–Trinajstić information content (AvgIpc) is 2.49. The molecule has 1 unspecified atom stereocenters. The second-order valence-corrected chi connectivity index (χ2v) is 5.74. The molecule has 2 aromatic rings. The highest BCUT2D eigenvalue weighted by Crippen LogP contribution is 2.20. The highest BCUT2D eigenvalue weighted by Gasteiger charge is 2.08. The third-order valence-electron chi connectivity index (χ3n) is 3.78. The molecule has 1 atom stereocenters. The maximum atomic E-state index is 12.4. The Morgan fingerprint density at radius 1 is 1.19 bits per heavy atom. The van der Waals surface area contributed by atoms with Gasteiger partial charge in [0.25, 0.3) is 5.56 Å². The minimum atomic E-state index is 0.0400. The quantitative estimate of drug-likeness (QED) is 0.916. The molecule has 0 aliphatic carbocycles. The van der Waals surface area contributed by atoms with Crippen molar-refractivity contribution in [3.63, 3.8) is 0 Å². The number of nitrogens with zero attached hydrogens (tertiary/aromatic N) is 1. The highest BCUT2D eigenvalue weighted by atomic mass is 35.5. The zero-order valence-corrected chi connectivity index (χ0v) is 13.4. The second-order valence-electron chi connectivity index (χ2n) is 5.31. The van der Waals surface area contributed by atoms with Crippen LogP contribution in [0.2, 0.25) is 5.02 Å². The number of aromatic nitrogens is 1. The zero-order chi connectivity index (χ0) is 15.4. The Balaban J connectivity index is 2.29. The first-order chi connectivity index (χ1) is 10.0. The summed E-state index contributed by atoms with van der Waals surface area (Å²) in [5, 5.41) is 4.05. The fourth-order valence-corrected chi connectivity index (χ4v) is 2.29. The molecule has 4 heteroatoms. The Bertz CT molecular complexity index is 661. The van der Waals surface area contributed by atoms with E-state index in [1.54, 1.807) is 11.6 Å². The Labute approximate surface area is 130 Å². The molecular formula is C17H21ClN2O.